The number of ether oxygens (including phenoxy) is 1. The standard InChI is InChI=1S/C23H30N2O4S/c1-29-21-8-5-9-22(18-21)30(27,28)17-16-25-14-12-20(13-15-25)24-23(26)11-10-19-6-3-2-4-7-19/h2-9,18,20H,10-17H2,1H3,(H,24,26). The van der Waals surface area contributed by atoms with Gasteiger partial charge in [-0.05, 0) is 43.0 Å². The SMILES string of the molecule is COc1cccc(S(=O)(=O)CCN2CCC(NC(=O)CCc3ccccc3)CC2)c1. The smallest absolute Gasteiger partial charge is 0.220 e. The van der Waals surface area contributed by atoms with Crippen molar-refractivity contribution in [2.24, 2.45) is 0 Å². The van der Waals surface area contributed by atoms with Crippen LogP contribution in [0.5, 0.6) is 5.75 Å². The molecule has 1 heterocycles. The second-order valence-electron chi connectivity index (χ2n) is 7.67. The van der Waals surface area contributed by atoms with Gasteiger partial charge in [-0.15, -0.1) is 0 Å². The Morgan fingerprint density at radius 3 is 2.53 bits per heavy atom. The third-order valence-corrected chi connectivity index (χ3v) is 7.21. The Kier molecular flexibility index (Phi) is 7.87. The Hall–Kier alpha value is -2.38. The summed E-state index contributed by atoms with van der Waals surface area (Å²) in [5, 5.41) is 3.12. The minimum atomic E-state index is -3.35. The van der Waals surface area contributed by atoms with E-state index in [0.29, 0.717) is 23.6 Å². The number of aryl methyl sites for hydroxylation is 1. The average molecular weight is 431 g/mol. The lowest BCUT2D eigenvalue weighted by molar-refractivity contribution is -0.122. The van der Waals surface area contributed by atoms with E-state index in [1.54, 1.807) is 24.3 Å². The predicted octanol–water partition coefficient (Wildman–Crippen LogP) is 2.68. The molecule has 1 amide bonds. The van der Waals surface area contributed by atoms with Gasteiger partial charge in [0.15, 0.2) is 9.84 Å². The van der Waals surface area contributed by atoms with E-state index in [2.05, 4.69) is 10.2 Å². The van der Waals surface area contributed by atoms with Crippen molar-refractivity contribution in [2.45, 2.75) is 36.6 Å². The van der Waals surface area contributed by atoms with Gasteiger partial charge in [-0.2, -0.15) is 0 Å². The van der Waals surface area contributed by atoms with Crippen molar-refractivity contribution >= 4 is 15.7 Å². The first-order valence-corrected chi connectivity index (χ1v) is 12.0. The van der Waals surface area contributed by atoms with Gasteiger partial charge in [0.2, 0.25) is 5.91 Å². The highest BCUT2D eigenvalue weighted by molar-refractivity contribution is 7.91. The lowest BCUT2D eigenvalue weighted by atomic mass is 10.0. The Balaban J connectivity index is 1.39. The molecule has 1 saturated heterocycles. The van der Waals surface area contributed by atoms with Gasteiger partial charge >= 0.3 is 0 Å². The van der Waals surface area contributed by atoms with E-state index in [-0.39, 0.29) is 17.7 Å². The number of carbonyl (C=O) groups excluding carboxylic acids is 1. The molecule has 0 bridgehead atoms. The van der Waals surface area contributed by atoms with E-state index in [0.717, 1.165) is 32.4 Å². The van der Waals surface area contributed by atoms with Crippen LogP contribution in [0.3, 0.4) is 0 Å². The zero-order valence-corrected chi connectivity index (χ0v) is 18.2. The molecule has 0 spiro atoms. The summed E-state index contributed by atoms with van der Waals surface area (Å²) in [4.78, 5) is 14.7. The van der Waals surface area contributed by atoms with Crippen LogP contribution < -0.4 is 10.1 Å². The number of sulfone groups is 1. The average Bonchev–Trinajstić information content (AvgIpc) is 2.78. The maximum Gasteiger partial charge on any atom is 0.220 e. The molecule has 30 heavy (non-hydrogen) atoms. The summed E-state index contributed by atoms with van der Waals surface area (Å²) in [6.07, 6.45) is 2.92. The fourth-order valence-corrected chi connectivity index (χ4v) is 4.98. The number of carbonyl (C=O) groups is 1. The fraction of sp³-hybridized carbons (Fsp3) is 0.435. The largest absolute Gasteiger partial charge is 0.497 e. The number of hydrogen-bond donors (Lipinski definition) is 1. The molecule has 1 fully saturated rings. The second kappa shape index (κ2) is 10.6. The summed E-state index contributed by atoms with van der Waals surface area (Å²) in [5.41, 5.74) is 1.17. The molecule has 0 saturated carbocycles. The molecule has 0 unspecified atom stereocenters. The molecule has 0 aromatic heterocycles. The first kappa shape index (κ1) is 22.3. The molecule has 1 N–H and O–H groups in total. The Bertz CT molecular complexity index is 923. The molecule has 162 valence electrons. The maximum absolute atomic E-state index is 12.6. The summed E-state index contributed by atoms with van der Waals surface area (Å²) >= 11 is 0. The summed E-state index contributed by atoms with van der Waals surface area (Å²) < 4.78 is 30.3. The molecule has 2 aromatic rings. The van der Waals surface area contributed by atoms with Crippen molar-refractivity contribution in [3.63, 3.8) is 0 Å². The van der Waals surface area contributed by atoms with Crippen LogP contribution in [0.1, 0.15) is 24.8 Å². The van der Waals surface area contributed by atoms with E-state index in [1.165, 1.54) is 12.7 Å². The van der Waals surface area contributed by atoms with E-state index in [4.69, 9.17) is 4.74 Å². The number of rotatable bonds is 9. The Labute approximate surface area is 179 Å². The summed E-state index contributed by atoms with van der Waals surface area (Å²) in [6, 6.07) is 16.8. The number of methoxy groups -OCH3 is 1. The van der Waals surface area contributed by atoms with Gasteiger partial charge in [-0.25, -0.2) is 8.42 Å². The summed E-state index contributed by atoms with van der Waals surface area (Å²) in [6.45, 7) is 2.07. The van der Waals surface area contributed by atoms with Crippen LogP contribution in [0.25, 0.3) is 0 Å². The number of benzene rings is 2. The van der Waals surface area contributed by atoms with Gasteiger partial charge in [0, 0.05) is 32.1 Å². The van der Waals surface area contributed by atoms with Gasteiger partial charge in [0.05, 0.1) is 17.8 Å². The fourth-order valence-electron chi connectivity index (χ4n) is 3.67. The van der Waals surface area contributed by atoms with Crippen LogP contribution in [0.15, 0.2) is 59.5 Å². The number of likely N-dealkylation sites (tertiary alicyclic amines) is 1. The van der Waals surface area contributed by atoms with Crippen LogP contribution in [-0.2, 0) is 21.1 Å². The number of hydrogen-bond acceptors (Lipinski definition) is 5. The maximum atomic E-state index is 12.6. The monoisotopic (exact) mass is 430 g/mol. The third-order valence-electron chi connectivity index (χ3n) is 5.51. The van der Waals surface area contributed by atoms with Crippen LogP contribution in [-0.4, -0.2) is 57.8 Å². The number of amides is 1. The van der Waals surface area contributed by atoms with Crippen molar-refractivity contribution in [2.75, 3.05) is 32.5 Å². The zero-order chi connectivity index (χ0) is 21.4. The molecule has 2 aromatic carbocycles. The summed E-state index contributed by atoms with van der Waals surface area (Å²) in [5.74, 6) is 0.701. The number of nitrogens with one attached hydrogen (secondary N) is 1. The second-order valence-corrected chi connectivity index (χ2v) is 9.78. The van der Waals surface area contributed by atoms with Gasteiger partial charge in [0.25, 0.3) is 0 Å². The quantitative estimate of drug-likeness (QED) is 0.662. The normalized spacial score (nSPS) is 15.6. The summed E-state index contributed by atoms with van der Waals surface area (Å²) in [7, 11) is -1.83. The highest BCUT2D eigenvalue weighted by Crippen LogP contribution is 2.19. The minimum absolute atomic E-state index is 0.0776. The van der Waals surface area contributed by atoms with Crippen LogP contribution in [0, 0.1) is 0 Å². The van der Waals surface area contributed by atoms with Gasteiger partial charge in [-0.3, -0.25) is 4.79 Å². The van der Waals surface area contributed by atoms with Gasteiger partial charge < -0.3 is 15.0 Å². The lowest BCUT2D eigenvalue weighted by Crippen LogP contribution is -2.45. The highest BCUT2D eigenvalue weighted by atomic mass is 32.2. The molecule has 0 atom stereocenters. The zero-order valence-electron chi connectivity index (χ0n) is 17.4. The minimum Gasteiger partial charge on any atom is -0.497 e. The van der Waals surface area contributed by atoms with E-state index in [9.17, 15) is 13.2 Å². The van der Waals surface area contributed by atoms with Crippen LogP contribution >= 0.6 is 0 Å². The molecule has 0 radical (unpaired) electrons. The topological polar surface area (TPSA) is 75.7 Å². The van der Waals surface area contributed by atoms with Crippen molar-refractivity contribution in [3.05, 3.63) is 60.2 Å². The first-order valence-electron chi connectivity index (χ1n) is 10.4. The van der Waals surface area contributed by atoms with Gasteiger partial charge in [-0.1, -0.05) is 36.4 Å². The molecular formula is C23H30N2O4S. The molecule has 1 aliphatic heterocycles. The first-order chi connectivity index (χ1) is 14.5. The van der Waals surface area contributed by atoms with Crippen LogP contribution in [0.4, 0.5) is 0 Å². The Morgan fingerprint density at radius 1 is 1.10 bits per heavy atom. The molecular weight excluding hydrogens is 400 g/mol. The van der Waals surface area contributed by atoms with Crippen molar-refractivity contribution in [1.29, 1.82) is 0 Å². The molecule has 7 heteroatoms. The highest BCUT2D eigenvalue weighted by Gasteiger charge is 2.23. The third kappa shape index (κ3) is 6.57. The molecule has 6 nitrogen and oxygen atoms in total. The van der Waals surface area contributed by atoms with Crippen LogP contribution in [0.2, 0.25) is 0 Å². The Morgan fingerprint density at radius 2 is 1.83 bits per heavy atom. The number of nitrogens with zero attached hydrogens (tertiary/aromatic N) is 1. The van der Waals surface area contributed by atoms with Gasteiger partial charge in [0.1, 0.15) is 5.75 Å². The lowest BCUT2D eigenvalue weighted by Gasteiger charge is -2.32. The van der Waals surface area contributed by atoms with E-state index < -0.39 is 9.84 Å². The number of piperidine rings is 1. The van der Waals surface area contributed by atoms with Crippen molar-refractivity contribution in [3.8, 4) is 5.75 Å². The molecule has 1 aliphatic rings. The van der Waals surface area contributed by atoms with Crippen molar-refractivity contribution in [1.82, 2.24) is 10.2 Å². The van der Waals surface area contributed by atoms with Crippen molar-refractivity contribution < 1.29 is 17.9 Å². The van der Waals surface area contributed by atoms with E-state index >= 15 is 0 Å². The predicted molar refractivity (Wildman–Crippen MR) is 117 cm³/mol. The molecule has 3 rings (SSSR count). The molecule has 0 aliphatic carbocycles. The van der Waals surface area contributed by atoms with E-state index in [1.807, 2.05) is 30.3 Å².